The number of azo groups is 2. The summed E-state index contributed by atoms with van der Waals surface area (Å²) in [7, 11) is -2.11. The molecule has 3 rings (SSSR count). The van der Waals surface area contributed by atoms with E-state index in [1.807, 2.05) is 52.0 Å². The molecule has 3 aromatic carbocycles. The van der Waals surface area contributed by atoms with E-state index in [0.717, 1.165) is 21.9 Å². The SMILES string of the molecule is CC.CN=Nc1ccc(N=Nc2c(C)cc3cccc(C)c3c2O)c(O)c1.CS(=O)(=O)O.[Cu]. The van der Waals surface area contributed by atoms with Gasteiger partial charge in [0.2, 0.25) is 0 Å². The fraction of sp³-hybridized carbons (Fsp3) is 0.273. The second-order valence-corrected chi connectivity index (χ2v) is 7.94. The van der Waals surface area contributed by atoms with Gasteiger partial charge in [-0.25, -0.2) is 0 Å². The van der Waals surface area contributed by atoms with Crippen molar-refractivity contribution in [3.05, 3.63) is 53.6 Å². The first kappa shape index (κ1) is 30.1. The topological polar surface area (TPSA) is 144 Å². The molecule has 183 valence electrons. The van der Waals surface area contributed by atoms with Crippen LogP contribution in [0.2, 0.25) is 0 Å². The second kappa shape index (κ2) is 13.6. The van der Waals surface area contributed by atoms with Crippen LogP contribution in [0, 0.1) is 13.8 Å². The normalized spacial score (nSPS) is 10.9. The molecule has 1 radical (unpaired) electrons. The van der Waals surface area contributed by atoms with Gasteiger partial charge < -0.3 is 10.2 Å². The minimum absolute atomic E-state index is 0. The molecule has 0 saturated carbocycles. The van der Waals surface area contributed by atoms with Crippen molar-refractivity contribution in [2.24, 2.45) is 20.5 Å². The zero-order valence-electron chi connectivity index (χ0n) is 19.2. The quantitative estimate of drug-likeness (QED) is 0.203. The van der Waals surface area contributed by atoms with Crippen LogP contribution < -0.4 is 0 Å². The molecule has 0 unspecified atom stereocenters. The van der Waals surface area contributed by atoms with Crippen LogP contribution in [0.3, 0.4) is 0 Å². The summed E-state index contributed by atoms with van der Waals surface area (Å²) in [6.45, 7) is 7.80. The average Bonchev–Trinajstić information content (AvgIpc) is 2.69. The minimum atomic E-state index is -3.67. The van der Waals surface area contributed by atoms with Crippen LogP contribution in [0.15, 0.2) is 62.9 Å². The molecule has 0 heterocycles. The number of rotatable bonds is 3. The van der Waals surface area contributed by atoms with E-state index >= 15 is 0 Å². The number of benzene rings is 3. The Hall–Kier alpha value is -2.85. The fourth-order valence-electron chi connectivity index (χ4n) is 2.75. The van der Waals surface area contributed by atoms with Crippen molar-refractivity contribution >= 4 is 38.0 Å². The third-order valence-electron chi connectivity index (χ3n) is 3.94. The Morgan fingerprint density at radius 1 is 0.879 bits per heavy atom. The van der Waals surface area contributed by atoms with Gasteiger partial charge in [-0.05, 0) is 48.6 Å². The maximum absolute atomic E-state index is 10.6. The van der Waals surface area contributed by atoms with Crippen LogP contribution in [-0.4, -0.2) is 36.5 Å². The molecule has 3 N–H and O–H groups in total. The molecule has 0 atom stereocenters. The first-order chi connectivity index (χ1) is 15.0. The van der Waals surface area contributed by atoms with E-state index in [-0.39, 0.29) is 28.6 Å². The van der Waals surface area contributed by atoms with E-state index in [1.165, 1.54) is 6.07 Å². The average molecular weight is 524 g/mol. The molecule has 3 aromatic rings. The van der Waals surface area contributed by atoms with E-state index in [4.69, 9.17) is 4.55 Å². The number of fused-ring (bicyclic) bond motifs is 1. The summed E-state index contributed by atoms with van der Waals surface area (Å²) in [5.41, 5.74) is 2.97. The van der Waals surface area contributed by atoms with Gasteiger partial charge in [-0.3, -0.25) is 4.55 Å². The van der Waals surface area contributed by atoms with Crippen molar-refractivity contribution in [2.45, 2.75) is 27.7 Å². The maximum atomic E-state index is 10.6. The summed E-state index contributed by atoms with van der Waals surface area (Å²) < 4.78 is 25.9. The Morgan fingerprint density at radius 3 is 2.03 bits per heavy atom. The fourth-order valence-corrected chi connectivity index (χ4v) is 2.75. The van der Waals surface area contributed by atoms with Gasteiger partial charge in [0.1, 0.15) is 17.1 Å². The molecule has 0 aliphatic carbocycles. The van der Waals surface area contributed by atoms with Gasteiger partial charge >= 0.3 is 0 Å². The van der Waals surface area contributed by atoms with Crippen LogP contribution in [-0.2, 0) is 27.2 Å². The predicted octanol–water partition coefficient (Wildman–Crippen LogP) is 6.52. The van der Waals surface area contributed by atoms with E-state index < -0.39 is 10.1 Å². The maximum Gasteiger partial charge on any atom is 0.261 e. The number of aromatic hydroxyl groups is 2. The summed E-state index contributed by atoms with van der Waals surface area (Å²) in [6, 6.07) is 12.5. The van der Waals surface area contributed by atoms with E-state index in [1.54, 1.807) is 19.2 Å². The number of nitrogens with zero attached hydrogens (tertiary/aromatic N) is 4. The Labute approximate surface area is 204 Å². The molecular weight excluding hydrogens is 496 g/mol. The zero-order chi connectivity index (χ0) is 24.5. The van der Waals surface area contributed by atoms with Crippen molar-refractivity contribution in [1.82, 2.24) is 0 Å². The molecule has 0 amide bonds. The summed E-state index contributed by atoms with van der Waals surface area (Å²) >= 11 is 0. The van der Waals surface area contributed by atoms with Crippen LogP contribution in [0.25, 0.3) is 10.8 Å². The molecule has 0 aliphatic heterocycles. The molecule has 0 aromatic heterocycles. The van der Waals surface area contributed by atoms with Gasteiger partial charge in [0.05, 0.1) is 11.9 Å². The van der Waals surface area contributed by atoms with Crippen molar-refractivity contribution in [1.29, 1.82) is 0 Å². The third kappa shape index (κ3) is 9.27. The molecule has 0 aliphatic rings. The van der Waals surface area contributed by atoms with E-state index in [9.17, 15) is 18.6 Å². The van der Waals surface area contributed by atoms with Gasteiger partial charge in [0.15, 0.2) is 5.75 Å². The van der Waals surface area contributed by atoms with Gasteiger partial charge in [0, 0.05) is 35.6 Å². The summed E-state index contributed by atoms with van der Waals surface area (Å²) in [5.74, 6) is 0.0375. The van der Waals surface area contributed by atoms with Crippen LogP contribution in [0.1, 0.15) is 25.0 Å². The summed E-state index contributed by atoms with van der Waals surface area (Å²) in [4.78, 5) is 0. The number of hydrogen-bond donors (Lipinski definition) is 3. The number of phenolic OH excluding ortho intramolecular Hbond substituents is 2. The van der Waals surface area contributed by atoms with Gasteiger partial charge in [-0.2, -0.15) is 18.6 Å². The third-order valence-corrected chi connectivity index (χ3v) is 3.94. The Kier molecular flexibility index (Phi) is 12.5. The number of aryl methyl sites for hydroxylation is 2. The van der Waals surface area contributed by atoms with Crippen LogP contribution >= 0.6 is 0 Å². The van der Waals surface area contributed by atoms with E-state index in [2.05, 4.69) is 20.5 Å². The molecule has 0 spiro atoms. The van der Waals surface area contributed by atoms with Crippen molar-refractivity contribution in [3.8, 4) is 11.5 Å². The minimum Gasteiger partial charge on any atom is -0.506 e. The van der Waals surface area contributed by atoms with Gasteiger partial charge in [-0.1, -0.05) is 32.0 Å². The number of hydrogen-bond acceptors (Lipinski definition) is 8. The second-order valence-electron chi connectivity index (χ2n) is 6.47. The summed E-state index contributed by atoms with van der Waals surface area (Å²) in [5, 5.41) is 38.1. The van der Waals surface area contributed by atoms with Crippen molar-refractivity contribution in [2.75, 3.05) is 13.3 Å². The molecule has 9 nitrogen and oxygen atoms in total. The molecule has 0 fully saturated rings. The standard InChI is InChI=1S/C19H18N4O2.C2H6.CH4O3S.Cu/c1-11-5-4-6-13-9-12(2)18(19(25)17(11)13)23-22-15-8-7-14(21-20-3)10-16(15)24;1-2;1-5(2,3)4;/h4-10,24-25H,1-3H3;1-2H3;1H3,(H,2,3,4);. The predicted molar refractivity (Wildman–Crippen MR) is 127 cm³/mol. The first-order valence-corrected chi connectivity index (χ1v) is 11.5. The summed E-state index contributed by atoms with van der Waals surface area (Å²) in [6.07, 6.45) is 0.715. The molecule has 33 heavy (non-hydrogen) atoms. The van der Waals surface area contributed by atoms with E-state index in [0.29, 0.717) is 23.3 Å². The smallest absolute Gasteiger partial charge is 0.261 e. The van der Waals surface area contributed by atoms with Crippen molar-refractivity contribution < 1.29 is 40.3 Å². The largest absolute Gasteiger partial charge is 0.506 e. The number of phenols is 2. The van der Waals surface area contributed by atoms with Crippen LogP contribution in [0.5, 0.6) is 11.5 Å². The van der Waals surface area contributed by atoms with Gasteiger partial charge in [0.25, 0.3) is 10.1 Å². The molecule has 0 bridgehead atoms. The first-order valence-electron chi connectivity index (χ1n) is 9.70. The van der Waals surface area contributed by atoms with Gasteiger partial charge in [-0.15, -0.1) is 10.2 Å². The zero-order valence-corrected chi connectivity index (χ0v) is 21.0. The molecule has 11 heteroatoms. The van der Waals surface area contributed by atoms with Crippen molar-refractivity contribution in [3.63, 3.8) is 0 Å². The van der Waals surface area contributed by atoms with Crippen LogP contribution in [0.4, 0.5) is 17.1 Å². The Bertz CT molecular complexity index is 1240. The molecular formula is C22H28CuN4O5S. The monoisotopic (exact) mass is 523 g/mol. The molecule has 0 saturated heterocycles. The Morgan fingerprint density at radius 2 is 1.48 bits per heavy atom. The Balaban J connectivity index is 0.00000114.